The number of anilines is 2. The largest absolute Gasteiger partial charge is 0.495 e. The van der Waals surface area contributed by atoms with Crippen LogP contribution >= 0.6 is 0 Å². The fraction of sp³-hybridized carbons (Fsp3) is 0.277. The molecule has 28 nitrogen and oxygen atoms in total. The minimum absolute atomic E-state index is 0.0354. The fourth-order valence-corrected chi connectivity index (χ4v) is 15.8. The first kappa shape index (κ1) is 70.3. The maximum atomic E-state index is 13.7. The Kier molecular flexibility index (Phi) is 23.4. The highest BCUT2D eigenvalue weighted by molar-refractivity contribution is 7.90. The van der Waals surface area contributed by atoms with Crippen LogP contribution < -0.4 is 30.5 Å². The topological polar surface area (TPSA) is 372 Å². The summed E-state index contributed by atoms with van der Waals surface area (Å²) in [6, 6.07) is 18.8. The number of carboxylic acid groups (broad SMARTS) is 3. The number of fused-ring (bicyclic) bond motifs is 4. The van der Waals surface area contributed by atoms with Crippen molar-refractivity contribution in [1.82, 2.24) is 52.8 Å². The molecule has 1 unspecified atom stereocenters. The molecule has 0 saturated carbocycles. The Labute approximate surface area is 553 Å². The van der Waals surface area contributed by atoms with E-state index in [1.54, 1.807) is 116 Å². The van der Waals surface area contributed by atoms with Crippen LogP contribution in [0, 0.1) is 0 Å². The van der Waals surface area contributed by atoms with Gasteiger partial charge in [0.1, 0.15) is 15.5 Å². The van der Waals surface area contributed by atoms with E-state index < -0.39 is 30.1 Å². The van der Waals surface area contributed by atoms with Crippen molar-refractivity contribution in [3.05, 3.63) is 169 Å². The Morgan fingerprint density at radius 1 is 0.562 bits per heavy atom. The highest BCUT2D eigenvalue weighted by Crippen LogP contribution is 2.37. The van der Waals surface area contributed by atoms with E-state index in [0.29, 0.717) is 51.8 Å². The summed E-state index contributed by atoms with van der Waals surface area (Å²) in [6.45, 7) is 7.77. The SMILES string of the molecule is CC(=O)N1CCc2cc(S(=O)(=O)n3cc(C4=CCNCC4)c4ncccc43)ccc21.COC1CCN(c2cncc(S(=O)(=O)n3cc(C4=CCNCC4)c4ncccc43)c2)C1.COc1cncc(S(=O)(=O)n2cc(C3=CCNCC3)c3ncccc32)c1.O=CO.O=CO.O=CO. The van der Waals surface area contributed by atoms with Gasteiger partial charge in [0, 0.05) is 131 Å². The molecule has 5 aliphatic heterocycles. The zero-order valence-corrected chi connectivity index (χ0v) is 55.0. The zero-order valence-electron chi connectivity index (χ0n) is 52.5. The molecule has 96 heavy (non-hydrogen) atoms. The molecule has 0 aliphatic carbocycles. The summed E-state index contributed by atoms with van der Waals surface area (Å²) in [6.07, 6.45) is 26.5. The van der Waals surface area contributed by atoms with Crippen molar-refractivity contribution < 1.29 is 69.2 Å². The molecule has 1 saturated heterocycles. The first-order valence-electron chi connectivity index (χ1n) is 30.1. The molecule has 13 heterocycles. The van der Waals surface area contributed by atoms with E-state index in [2.05, 4.69) is 64.0 Å². The van der Waals surface area contributed by atoms with Gasteiger partial charge >= 0.3 is 0 Å². The second-order valence-electron chi connectivity index (χ2n) is 21.8. The third kappa shape index (κ3) is 15.4. The van der Waals surface area contributed by atoms with Gasteiger partial charge in [-0.05, 0) is 135 Å². The number of ether oxygens (including phenoxy) is 2. The Morgan fingerprint density at radius 3 is 1.41 bits per heavy atom. The number of aromatic nitrogens is 8. The molecule has 14 rings (SSSR count). The number of hydrogen-bond donors (Lipinski definition) is 6. The molecule has 31 heteroatoms. The van der Waals surface area contributed by atoms with Gasteiger partial charge in [-0.2, -0.15) is 0 Å². The van der Waals surface area contributed by atoms with Crippen molar-refractivity contribution in [3.8, 4) is 5.75 Å². The highest BCUT2D eigenvalue weighted by Gasteiger charge is 2.31. The molecule has 0 bridgehead atoms. The molecule has 9 aromatic rings. The van der Waals surface area contributed by atoms with Crippen LogP contribution in [-0.4, -0.2) is 182 Å². The quantitative estimate of drug-likeness (QED) is 0.0765. The van der Waals surface area contributed by atoms with Gasteiger partial charge in [-0.25, -0.2) is 37.2 Å². The van der Waals surface area contributed by atoms with Crippen LogP contribution in [0.1, 0.15) is 54.9 Å². The summed E-state index contributed by atoms with van der Waals surface area (Å²) in [5.41, 5.74) is 12.1. The Balaban J connectivity index is 0.000000159. The van der Waals surface area contributed by atoms with Crippen LogP contribution in [-0.2, 0) is 60.4 Å². The predicted molar refractivity (Wildman–Crippen MR) is 360 cm³/mol. The number of carbonyl (C=O) groups is 4. The van der Waals surface area contributed by atoms with Crippen LogP contribution in [0.15, 0.2) is 162 Å². The van der Waals surface area contributed by atoms with E-state index in [1.165, 1.54) is 50.6 Å². The van der Waals surface area contributed by atoms with Crippen molar-refractivity contribution in [2.75, 3.05) is 82.9 Å². The first-order chi connectivity index (χ1) is 46.4. The lowest BCUT2D eigenvalue weighted by atomic mass is 10.0. The molecule has 5 aliphatic rings. The molecule has 0 spiro atoms. The first-order valence-corrected chi connectivity index (χ1v) is 34.4. The van der Waals surface area contributed by atoms with Crippen molar-refractivity contribution >= 4 is 117 Å². The fourth-order valence-electron chi connectivity index (χ4n) is 11.7. The average molecular weight is 1370 g/mol. The van der Waals surface area contributed by atoms with Crippen molar-refractivity contribution in [2.24, 2.45) is 0 Å². The maximum Gasteiger partial charge on any atom is 0.290 e. The van der Waals surface area contributed by atoms with Crippen LogP contribution in [0.2, 0.25) is 0 Å². The normalized spacial score (nSPS) is 16.0. The maximum absolute atomic E-state index is 13.7. The standard InChI is InChI=1S/C22H25N5O3S.C22H22N4O3S.C18H18N4O3S.3CH2O2/c1-30-18-6-10-26(14-18)17-11-19(13-24-12-17)31(28,29)27-15-20(16-4-8-23-9-5-16)22-21(27)3-2-7-25-22;1-15(27)25-12-8-17-13-18(4-5-20(17)25)30(28,29)26-14-19(16-6-10-23-11-7-16)22-21(26)3-2-9-24-22;1-25-14-9-15(11-20-10-14)26(23,24)22-12-16(13-4-7-19-8-5-13)18-17(22)3-2-6-21-18;3*2-1-3/h2-4,7,11-13,15,18,23H,5-6,8-10,14H2,1H3;2-6,9,13-14,23H,7-8,10-12H2,1H3;2-4,6,9-12,19H,5,7-8H2,1H3;3*1H,(H,2,3). The molecule has 1 atom stereocenters. The van der Waals surface area contributed by atoms with E-state index in [-0.39, 0.29) is 46.1 Å². The molecule has 1 amide bonds. The second-order valence-corrected chi connectivity index (χ2v) is 27.2. The smallest absolute Gasteiger partial charge is 0.290 e. The van der Waals surface area contributed by atoms with Crippen molar-refractivity contribution in [1.29, 1.82) is 0 Å². The van der Waals surface area contributed by atoms with Gasteiger partial charge in [-0.1, -0.05) is 18.2 Å². The number of amides is 1. The molecule has 0 radical (unpaired) electrons. The molecular formula is C65H71N13O15S3. The van der Waals surface area contributed by atoms with Crippen LogP contribution in [0.3, 0.4) is 0 Å². The van der Waals surface area contributed by atoms with E-state index >= 15 is 0 Å². The number of hydrogen-bond acceptors (Lipinski definition) is 21. The van der Waals surface area contributed by atoms with Crippen molar-refractivity contribution in [3.63, 3.8) is 0 Å². The van der Waals surface area contributed by atoms with E-state index in [1.807, 2.05) is 0 Å². The molecule has 8 aromatic heterocycles. The molecule has 1 aromatic carbocycles. The molecule has 504 valence electrons. The summed E-state index contributed by atoms with van der Waals surface area (Å²) >= 11 is 0. The monoisotopic (exact) mass is 1370 g/mol. The van der Waals surface area contributed by atoms with Crippen LogP contribution in [0.5, 0.6) is 5.75 Å². The van der Waals surface area contributed by atoms with E-state index in [0.717, 1.165) is 128 Å². The van der Waals surface area contributed by atoms with Crippen LogP contribution in [0.25, 0.3) is 49.8 Å². The lowest BCUT2D eigenvalue weighted by Crippen LogP contribution is -2.25. The van der Waals surface area contributed by atoms with Gasteiger partial charge in [0.2, 0.25) is 5.91 Å². The van der Waals surface area contributed by atoms with Crippen molar-refractivity contribution in [2.45, 2.75) is 59.8 Å². The number of nitrogens with zero attached hydrogens (tertiary/aromatic N) is 10. The average Bonchev–Trinajstić information content (AvgIpc) is 1.60. The lowest BCUT2D eigenvalue weighted by Gasteiger charge is -2.18. The predicted octanol–water partition coefficient (Wildman–Crippen LogP) is 5.99. The van der Waals surface area contributed by atoms with Gasteiger partial charge in [0.05, 0.1) is 69.3 Å². The van der Waals surface area contributed by atoms with Crippen LogP contribution in [0.4, 0.5) is 11.4 Å². The van der Waals surface area contributed by atoms with E-state index in [9.17, 15) is 30.0 Å². The van der Waals surface area contributed by atoms with Gasteiger partial charge in [-0.3, -0.25) is 44.1 Å². The third-order valence-electron chi connectivity index (χ3n) is 16.3. The van der Waals surface area contributed by atoms with E-state index in [4.69, 9.17) is 39.2 Å². The molecule has 6 N–H and O–H groups in total. The lowest BCUT2D eigenvalue weighted by molar-refractivity contribution is -0.123. The number of pyridine rings is 5. The Bertz CT molecular complexity index is 4750. The number of methoxy groups -OCH3 is 2. The number of benzene rings is 1. The summed E-state index contributed by atoms with van der Waals surface area (Å²) in [4.78, 5) is 62.8. The molecule has 1 fully saturated rings. The van der Waals surface area contributed by atoms with Gasteiger partial charge in [0.25, 0.3) is 49.5 Å². The summed E-state index contributed by atoms with van der Waals surface area (Å²) < 4.78 is 95.4. The summed E-state index contributed by atoms with van der Waals surface area (Å²) in [5, 5.41) is 30.5. The van der Waals surface area contributed by atoms with Gasteiger partial charge in [-0.15, -0.1) is 0 Å². The number of carbonyl (C=O) groups excluding carboxylic acids is 1. The van der Waals surface area contributed by atoms with Gasteiger partial charge < -0.3 is 50.5 Å². The Morgan fingerprint density at radius 2 is 1.00 bits per heavy atom. The minimum Gasteiger partial charge on any atom is -0.495 e. The summed E-state index contributed by atoms with van der Waals surface area (Å²) in [7, 11) is -8.30. The summed E-state index contributed by atoms with van der Waals surface area (Å²) in [5.74, 6) is 0.355. The minimum atomic E-state index is -3.84. The molecular weight excluding hydrogens is 1300 g/mol. The highest BCUT2D eigenvalue weighted by atomic mass is 32.2. The Hall–Kier alpha value is -10.0. The second kappa shape index (κ2) is 31.9. The zero-order chi connectivity index (χ0) is 68.6. The van der Waals surface area contributed by atoms with Gasteiger partial charge in [0.15, 0.2) is 0 Å². The number of nitrogens with one attached hydrogen (secondary N) is 3. The number of rotatable bonds is 12. The third-order valence-corrected chi connectivity index (χ3v) is 21.2.